The summed E-state index contributed by atoms with van der Waals surface area (Å²) in [6.07, 6.45) is 0. The molecule has 0 aromatic heterocycles. The Bertz CT molecular complexity index is 688. The molecule has 1 aliphatic heterocycles. The van der Waals surface area contributed by atoms with E-state index in [1.165, 1.54) is 5.56 Å². The molecule has 5 heteroatoms. The number of nitrogens with zero attached hydrogens (tertiary/aromatic N) is 1. The lowest BCUT2D eigenvalue weighted by molar-refractivity contribution is 0.589. The highest BCUT2D eigenvalue weighted by Crippen LogP contribution is 2.30. The smallest absolute Gasteiger partial charge is 0.157 e. The number of benzene rings is 2. The van der Waals surface area contributed by atoms with Gasteiger partial charge < -0.3 is 5.32 Å². The highest BCUT2D eigenvalue weighted by Gasteiger charge is 2.26. The number of rotatable bonds is 3. The molecule has 1 aliphatic rings. The van der Waals surface area contributed by atoms with E-state index in [1.807, 2.05) is 18.2 Å². The highest BCUT2D eigenvalue weighted by molar-refractivity contribution is 8.13. The molecule has 1 heterocycles. The normalized spacial score (nSPS) is 20.6. The summed E-state index contributed by atoms with van der Waals surface area (Å²) in [7, 11) is 0. The zero-order valence-electron chi connectivity index (χ0n) is 12.1. The first-order valence-electron chi connectivity index (χ1n) is 7.09. The van der Waals surface area contributed by atoms with Crippen molar-refractivity contribution in [3.8, 4) is 0 Å². The molecule has 1 N–H and O–H groups in total. The number of hydrogen-bond donors (Lipinski definition) is 1. The standard InChI is InChI=1S/C17H16Cl2N2S/c1-11-16(12-5-3-2-4-6-12)21-17(20-11)22-10-13-9-14(18)7-8-15(13)19/h2-9,11,16H,10H2,1H3,(H,20,21)/t11-,16-/m0/s1. The van der Waals surface area contributed by atoms with Gasteiger partial charge in [0.15, 0.2) is 5.17 Å². The van der Waals surface area contributed by atoms with E-state index in [0.717, 1.165) is 21.5 Å². The molecule has 0 fully saturated rings. The Morgan fingerprint density at radius 1 is 1.14 bits per heavy atom. The molecule has 2 aromatic rings. The van der Waals surface area contributed by atoms with Crippen LogP contribution in [0.1, 0.15) is 24.1 Å². The minimum Gasteiger partial charge on any atom is -0.360 e. The van der Waals surface area contributed by atoms with E-state index in [0.29, 0.717) is 11.1 Å². The van der Waals surface area contributed by atoms with Gasteiger partial charge in [-0.1, -0.05) is 65.3 Å². The van der Waals surface area contributed by atoms with Crippen molar-refractivity contribution in [3.63, 3.8) is 0 Å². The summed E-state index contributed by atoms with van der Waals surface area (Å²) in [6.45, 7) is 2.15. The fourth-order valence-electron chi connectivity index (χ4n) is 2.44. The zero-order chi connectivity index (χ0) is 15.5. The van der Waals surface area contributed by atoms with Crippen LogP contribution < -0.4 is 5.32 Å². The molecule has 3 rings (SSSR count). The van der Waals surface area contributed by atoms with Gasteiger partial charge in [0, 0.05) is 15.8 Å². The summed E-state index contributed by atoms with van der Waals surface area (Å²) in [6, 6.07) is 16.4. The molecule has 2 atom stereocenters. The van der Waals surface area contributed by atoms with Crippen LogP contribution in [0.2, 0.25) is 10.0 Å². The van der Waals surface area contributed by atoms with E-state index in [1.54, 1.807) is 17.8 Å². The Morgan fingerprint density at radius 3 is 2.68 bits per heavy atom. The van der Waals surface area contributed by atoms with Crippen LogP contribution in [-0.4, -0.2) is 11.2 Å². The molecule has 0 unspecified atom stereocenters. The second kappa shape index (κ2) is 6.95. The summed E-state index contributed by atoms with van der Waals surface area (Å²) in [4.78, 5) is 4.80. The fourth-order valence-corrected chi connectivity index (χ4v) is 3.89. The number of thioether (sulfide) groups is 1. The van der Waals surface area contributed by atoms with Gasteiger partial charge >= 0.3 is 0 Å². The first-order valence-corrected chi connectivity index (χ1v) is 8.83. The van der Waals surface area contributed by atoms with Gasteiger partial charge in [-0.15, -0.1) is 0 Å². The summed E-state index contributed by atoms with van der Waals surface area (Å²) >= 11 is 13.9. The fraction of sp³-hybridized carbons (Fsp3) is 0.235. The molecule has 0 radical (unpaired) electrons. The Hall–Kier alpha value is -1.16. The molecular formula is C17H16Cl2N2S. The van der Waals surface area contributed by atoms with E-state index in [2.05, 4.69) is 36.5 Å². The van der Waals surface area contributed by atoms with E-state index >= 15 is 0 Å². The van der Waals surface area contributed by atoms with Crippen molar-refractivity contribution >= 4 is 40.1 Å². The van der Waals surface area contributed by atoms with E-state index in [4.69, 9.17) is 28.2 Å². The maximum absolute atomic E-state index is 6.20. The zero-order valence-corrected chi connectivity index (χ0v) is 14.4. The van der Waals surface area contributed by atoms with Gasteiger partial charge in [-0.3, -0.25) is 4.99 Å². The summed E-state index contributed by atoms with van der Waals surface area (Å²) in [5.74, 6) is 0.749. The predicted molar refractivity (Wildman–Crippen MR) is 97.0 cm³/mol. The average Bonchev–Trinajstić information content (AvgIpc) is 2.90. The monoisotopic (exact) mass is 350 g/mol. The van der Waals surface area contributed by atoms with Crippen molar-refractivity contribution in [2.75, 3.05) is 0 Å². The van der Waals surface area contributed by atoms with Crippen LogP contribution in [0.5, 0.6) is 0 Å². The molecule has 2 aromatic carbocycles. The van der Waals surface area contributed by atoms with Crippen molar-refractivity contribution in [3.05, 3.63) is 69.7 Å². The third kappa shape index (κ3) is 3.60. The maximum Gasteiger partial charge on any atom is 0.157 e. The summed E-state index contributed by atoms with van der Waals surface area (Å²) < 4.78 is 0. The molecule has 0 aliphatic carbocycles. The van der Waals surface area contributed by atoms with Gasteiger partial charge in [-0.2, -0.15) is 0 Å². The van der Waals surface area contributed by atoms with Crippen LogP contribution in [0.25, 0.3) is 0 Å². The van der Waals surface area contributed by atoms with Crippen molar-refractivity contribution < 1.29 is 0 Å². The molecule has 0 spiro atoms. The first-order chi connectivity index (χ1) is 10.6. The van der Waals surface area contributed by atoms with Crippen LogP contribution in [0.3, 0.4) is 0 Å². The van der Waals surface area contributed by atoms with Crippen LogP contribution in [0.15, 0.2) is 53.5 Å². The SMILES string of the molecule is C[C@@H]1NC(SCc2cc(Cl)ccc2Cl)=N[C@@H]1c1ccccc1. The lowest BCUT2D eigenvalue weighted by Gasteiger charge is -2.13. The predicted octanol–water partition coefficient (Wildman–Crippen LogP) is 5.32. The second-order valence-corrected chi connectivity index (χ2v) is 7.05. The van der Waals surface area contributed by atoms with Gasteiger partial charge in [-0.05, 0) is 36.2 Å². The molecule has 0 saturated carbocycles. The van der Waals surface area contributed by atoms with Crippen LogP contribution in [-0.2, 0) is 5.75 Å². The molecule has 0 amide bonds. The van der Waals surface area contributed by atoms with E-state index in [9.17, 15) is 0 Å². The number of amidine groups is 1. The largest absolute Gasteiger partial charge is 0.360 e. The lowest BCUT2D eigenvalue weighted by atomic mass is 10.0. The van der Waals surface area contributed by atoms with Crippen LogP contribution >= 0.6 is 35.0 Å². The number of hydrogen-bond acceptors (Lipinski definition) is 3. The topological polar surface area (TPSA) is 24.4 Å². The van der Waals surface area contributed by atoms with Crippen molar-refractivity contribution in [1.82, 2.24) is 5.32 Å². The van der Waals surface area contributed by atoms with E-state index < -0.39 is 0 Å². The average molecular weight is 351 g/mol. The summed E-state index contributed by atoms with van der Waals surface area (Å²) in [5, 5.41) is 5.84. The third-order valence-electron chi connectivity index (χ3n) is 3.59. The van der Waals surface area contributed by atoms with Crippen LogP contribution in [0.4, 0.5) is 0 Å². The number of nitrogens with one attached hydrogen (secondary N) is 1. The second-order valence-electron chi connectivity index (χ2n) is 5.25. The molecule has 22 heavy (non-hydrogen) atoms. The Labute approximate surface area is 144 Å². The summed E-state index contributed by atoms with van der Waals surface area (Å²) in [5.41, 5.74) is 2.26. The maximum atomic E-state index is 6.20. The van der Waals surface area contributed by atoms with Crippen molar-refractivity contribution in [2.24, 2.45) is 4.99 Å². The Kier molecular flexibility index (Phi) is 4.97. The molecule has 2 nitrogen and oxygen atoms in total. The van der Waals surface area contributed by atoms with E-state index in [-0.39, 0.29) is 6.04 Å². The van der Waals surface area contributed by atoms with Gasteiger partial charge in [0.05, 0.1) is 12.1 Å². The Morgan fingerprint density at radius 2 is 1.91 bits per heavy atom. The van der Waals surface area contributed by atoms with Crippen molar-refractivity contribution in [2.45, 2.75) is 24.8 Å². The minimum atomic E-state index is 0.165. The van der Waals surface area contributed by atoms with Crippen molar-refractivity contribution in [1.29, 1.82) is 0 Å². The quantitative estimate of drug-likeness (QED) is 0.810. The molecular weight excluding hydrogens is 335 g/mol. The third-order valence-corrected chi connectivity index (χ3v) is 5.15. The number of aliphatic imine (C=N–C) groups is 1. The lowest BCUT2D eigenvalue weighted by Crippen LogP contribution is -2.27. The highest BCUT2D eigenvalue weighted by atomic mass is 35.5. The minimum absolute atomic E-state index is 0.165. The number of halogens is 2. The molecule has 114 valence electrons. The first kappa shape index (κ1) is 15.7. The molecule has 0 saturated heterocycles. The van der Waals surface area contributed by atoms with Crippen LogP contribution in [0, 0.1) is 0 Å². The van der Waals surface area contributed by atoms with Gasteiger partial charge in [-0.25, -0.2) is 0 Å². The Balaban J connectivity index is 1.70. The van der Waals surface area contributed by atoms with Gasteiger partial charge in [0.2, 0.25) is 0 Å². The van der Waals surface area contributed by atoms with Gasteiger partial charge in [0.25, 0.3) is 0 Å². The molecule has 0 bridgehead atoms. The van der Waals surface area contributed by atoms with Gasteiger partial charge in [0.1, 0.15) is 0 Å².